The first-order valence-corrected chi connectivity index (χ1v) is 12.3. The summed E-state index contributed by atoms with van der Waals surface area (Å²) in [5.41, 5.74) is 2.78. The van der Waals surface area contributed by atoms with Crippen LogP contribution < -0.4 is 5.32 Å². The number of sulfonamides is 1. The first-order chi connectivity index (χ1) is 14.4. The number of fused-ring (bicyclic) bond motifs is 1. The molecule has 0 bridgehead atoms. The smallest absolute Gasteiger partial charge is 0.216 e. The molecule has 8 nitrogen and oxygen atoms in total. The number of aromatic nitrogens is 4. The summed E-state index contributed by atoms with van der Waals surface area (Å²) in [6.07, 6.45) is 6.82. The van der Waals surface area contributed by atoms with E-state index in [1.807, 2.05) is 24.4 Å². The summed E-state index contributed by atoms with van der Waals surface area (Å²) in [6.45, 7) is 5.13. The molecule has 1 aliphatic rings. The monoisotopic (exact) mass is 492 g/mol. The van der Waals surface area contributed by atoms with Gasteiger partial charge in [0.15, 0.2) is 5.65 Å². The first kappa shape index (κ1) is 21.2. The van der Waals surface area contributed by atoms with Crippen molar-refractivity contribution in [3.63, 3.8) is 0 Å². The summed E-state index contributed by atoms with van der Waals surface area (Å²) in [5.74, 6) is 1.05. The largest absolute Gasteiger partial charge is 0.366 e. The van der Waals surface area contributed by atoms with E-state index >= 15 is 0 Å². The summed E-state index contributed by atoms with van der Waals surface area (Å²) in [5, 5.41) is 7.47. The van der Waals surface area contributed by atoms with Crippen LogP contribution in [0.1, 0.15) is 43.9 Å². The number of hydrogen-bond acceptors (Lipinski definition) is 6. The van der Waals surface area contributed by atoms with Crippen molar-refractivity contribution in [3.05, 3.63) is 52.5 Å². The Kier molecular flexibility index (Phi) is 6.08. The molecule has 4 rings (SSSR count). The molecule has 0 aliphatic carbocycles. The lowest BCUT2D eigenvalue weighted by Crippen LogP contribution is -2.41. The minimum atomic E-state index is -3.21. The van der Waals surface area contributed by atoms with Crippen LogP contribution in [-0.4, -0.2) is 50.6 Å². The summed E-state index contributed by atoms with van der Waals surface area (Å²) in [6, 6.07) is 5.96. The van der Waals surface area contributed by atoms with Gasteiger partial charge in [0, 0.05) is 49.7 Å². The lowest BCUT2D eigenvalue weighted by atomic mass is 9.94. The SMILES string of the molecule is CC(C)S(=O)(=O)N1CCC(c2cc(NCc3cccnc3)n3ncc(Br)c3n2)CC1. The molecule has 0 radical (unpaired) electrons. The lowest BCUT2D eigenvalue weighted by molar-refractivity contribution is 0.314. The third-order valence-electron chi connectivity index (χ3n) is 5.47. The highest BCUT2D eigenvalue weighted by atomic mass is 79.9. The fourth-order valence-electron chi connectivity index (χ4n) is 3.69. The molecule has 3 aromatic rings. The van der Waals surface area contributed by atoms with Gasteiger partial charge in [-0.1, -0.05) is 6.07 Å². The molecule has 0 amide bonds. The predicted octanol–water partition coefficient (Wildman–Crippen LogP) is 3.42. The molecular formula is C20H25BrN6O2S. The number of rotatable bonds is 6. The van der Waals surface area contributed by atoms with Gasteiger partial charge in [-0.15, -0.1) is 0 Å². The second-order valence-corrected chi connectivity index (χ2v) is 11.1. The average molecular weight is 493 g/mol. The zero-order chi connectivity index (χ0) is 21.3. The van der Waals surface area contributed by atoms with E-state index in [-0.39, 0.29) is 5.92 Å². The topological polar surface area (TPSA) is 92.5 Å². The molecule has 0 saturated carbocycles. The number of piperidine rings is 1. The Hall–Kier alpha value is -2.04. The number of pyridine rings is 1. The maximum Gasteiger partial charge on any atom is 0.216 e. The van der Waals surface area contributed by atoms with E-state index in [2.05, 4.69) is 31.3 Å². The number of nitrogens with one attached hydrogen (secondary N) is 1. The Morgan fingerprint density at radius 1 is 1.27 bits per heavy atom. The van der Waals surface area contributed by atoms with Gasteiger partial charge in [0.05, 0.1) is 15.9 Å². The van der Waals surface area contributed by atoms with E-state index in [9.17, 15) is 8.42 Å². The van der Waals surface area contributed by atoms with Crippen molar-refractivity contribution in [2.45, 2.75) is 44.4 Å². The third-order valence-corrected chi connectivity index (χ3v) is 8.31. The molecule has 1 saturated heterocycles. The zero-order valence-electron chi connectivity index (χ0n) is 17.0. The zero-order valence-corrected chi connectivity index (χ0v) is 19.4. The normalized spacial score (nSPS) is 16.4. The van der Waals surface area contributed by atoms with Crippen LogP contribution in [0.4, 0.5) is 5.82 Å². The molecule has 1 fully saturated rings. The molecule has 0 atom stereocenters. The molecule has 4 heterocycles. The highest BCUT2D eigenvalue weighted by molar-refractivity contribution is 9.10. The minimum Gasteiger partial charge on any atom is -0.366 e. The average Bonchev–Trinajstić information content (AvgIpc) is 3.13. The van der Waals surface area contributed by atoms with Crippen molar-refractivity contribution >= 4 is 37.4 Å². The van der Waals surface area contributed by atoms with Crippen LogP contribution in [-0.2, 0) is 16.6 Å². The molecule has 0 unspecified atom stereocenters. The Labute approximate surface area is 184 Å². The second kappa shape index (κ2) is 8.60. The Morgan fingerprint density at radius 3 is 2.70 bits per heavy atom. The molecule has 1 N–H and O–H groups in total. The maximum atomic E-state index is 12.5. The lowest BCUT2D eigenvalue weighted by Gasteiger charge is -2.32. The number of hydrogen-bond donors (Lipinski definition) is 1. The Bertz CT molecular complexity index is 1120. The standard InChI is InChI=1S/C20H25BrN6O2S/c1-14(2)30(28,29)26-8-5-16(6-9-26)18-10-19(23-12-15-4-3-7-22-11-15)27-20(25-18)17(21)13-24-27/h3-4,7,10-11,13-14,16,23H,5-6,8-9,12H2,1-2H3. The number of halogens is 1. The second-order valence-electron chi connectivity index (χ2n) is 7.78. The summed E-state index contributed by atoms with van der Waals surface area (Å²) >= 11 is 3.54. The van der Waals surface area contributed by atoms with Crippen LogP contribution in [0, 0.1) is 0 Å². The van der Waals surface area contributed by atoms with Gasteiger partial charge in [0.25, 0.3) is 0 Å². The van der Waals surface area contributed by atoms with Gasteiger partial charge in [-0.2, -0.15) is 9.61 Å². The molecule has 0 aromatic carbocycles. The van der Waals surface area contributed by atoms with Crippen molar-refractivity contribution in [2.75, 3.05) is 18.4 Å². The van der Waals surface area contributed by atoms with Crippen molar-refractivity contribution < 1.29 is 8.42 Å². The van der Waals surface area contributed by atoms with Crippen LogP contribution in [0.2, 0.25) is 0 Å². The fraction of sp³-hybridized carbons (Fsp3) is 0.450. The van der Waals surface area contributed by atoms with Gasteiger partial charge >= 0.3 is 0 Å². The molecule has 3 aromatic heterocycles. The molecule has 30 heavy (non-hydrogen) atoms. The quantitative estimate of drug-likeness (QED) is 0.566. The van der Waals surface area contributed by atoms with Gasteiger partial charge in [-0.25, -0.2) is 17.7 Å². The molecule has 0 spiro atoms. The summed E-state index contributed by atoms with van der Waals surface area (Å²) in [4.78, 5) is 8.99. The van der Waals surface area contributed by atoms with E-state index < -0.39 is 15.3 Å². The van der Waals surface area contributed by atoms with Crippen molar-refractivity contribution in [1.82, 2.24) is 23.9 Å². The van der Waals surface area contributed by atoms with Crippen LogP contribution in [0.3, 0.4) is 0 Å². The fourth-order valence-corrected chi connectivity index (χ4v) is 5.35. The summed E-state index contributed by atoms with van der Waals surface area (Å²) in [7, 11) is -3.21. The van der Waals surface area contributed by atoms with Crippen LogP contribution in [0.15, 0.2) is 41.3 Å². The molecular weight excluding hydrogens is 468 g/mol. The van der Waals surface area contributed by atoms with Crippen LogP contribution in [0.5, 0.6) is 0 Å². The van der Waals surface area contributed by atoms with E-state index in [4.69, 9.17) is 4.98 Å². The minimum absolute atomic E-state index is 0.203. The molecule has 160 valence electrons. The Balaban J connectivity index is 1.57. The molecule has 1 aliphatic heterocycles. The van der Waals surface area contributed by atoms with E-state index in [1.54, 1.807) is 35.1 Å². The number of anilines is 1. The van der Waals surface area contributed by atoms with Gasteiger partial charge in [-0.05, 0) is 54.2 Å². The van der Waals surface area contributed by atoms with Crippen molar-refractivity contribution in [2.24, 2.45) is 0 Å². The van der Waals surface area contributed by atoms with Gasteiger partial charge in [0.2, 0.25) is 10.0 Å². The van der Waals surface area contributed by atoms with E-state index in [0.29, 0.717) is 19.6 Å². The highest BCUT2D eigenvalue weighted by Crippen LogP contribution is 2.32. The predicted molar refractivity (Wildman–Crippen MR) is 120 cm³/mol. The van der Waals surface area contributed by atoms with Gasteiger partial charge in [-0.3, -0.25) is 4.98 Å². The van der Waals surface area contributed by atoms with Crippen molar-refractivity contribution in [1.29, 1.82) is 0 Å². The van der Waals surface area contributed by atoms with Gasteiger partial charge < -0.3 is 5.32 Å². The van der Waals surface area contributed by atoms with Gasteiger partial charge in [0.1, 0.15) is 5.82 Å². The van der Waals surface area contributed by atoms with Crippen LogP contribution in [0.25, 0.3) is 5.65 Å². The third kappa shape index (κ3) is 4.21. The highest BCUT2D eigenvalue weighted by Gasteiger charge is 2.31. The first-order valence-electron chi connectivity index (χ1n) is 10.0. The van der Waals surface area contributed by atoms with Crippen molar-refractivity contribution in [3.8, 4) is 0 Å². The number of nitrogens with zero attached hydrogens (tertiary/aromatic N) is 5. The van der Waals surface area contributed by atoms with E-state index in [0.717, 1.165) is 40.0 Å². The molecule has 10 heteroatoms. The van der Waals surface area contributed by atoms with Crippen LogP contribution >= 0.6 is 15.9 Å². The maximum absolute atomic E-state index is 12.5. The van der Waals surface area contributed by atoms with E-state index in [1.165, 1.54) is 0 Å². The Morgan fingerprint density at radius 2 is 2.03 bits per heavy atom. The summed E-state index contributed by atoms with van der Waals surface area (Å²) < 4.78 is 29.2.